The summed E-state index contributed by atoms with van der Waals surface area (Å²) in [4.78, 5) is 28.3. The average molecular weight is 711 g/mol. The van der Waals surface area contributed by atoms with E-state index in [4.69, 9.17) is 4.74 Å². The molecule has 1 fully saturated rings. The van der Waals surface area contributed by atoms with Crippen molar-refractivity contribution in [2.45, 2.75) is 50.2 Å². The first-order valence-corrected chi connectivity index (χ1v) is 17.4. The van der Waals surface area contributed by atoms with E-state index < -0.39 is 40.1 Å². The Morgan fingerprint density at radius 3 is 2.18 bits per heavy atom. The van der Waals surface area contributed by atoms with Crippen LogP contribution >= 0.6 is 0 Å². The Morgan fingerprint density at radius 1 is 0.840 bits per heavy atom. The molecule has 0 unspecified atom stereocenters. The second kappa shape index (κ2) is 16.1. The van der Waals surface area contributed by atoms with Crippen LogP contribution in [0.3, 0.4) is 0 Å². The molecule has 4 aromatic rings. The van der Waals surface area contributed by atoms with Crippen molar-refractivity contribution < 1.29 is 40.7 Å². The number of halogens is 3. The van der Waals surface area contributed by atoms with Crippen molar-refractivity contribution >= 4 is 27.6 Å². The SMILES string of the molecule is CCCc1ccc(CNC(=O)[C@H]2CN(C(=O)Nc3ccccc3OCc3ccccc3)CCN2S(=O)(=O)c2ccc(OC(F)(F)F)cc2)cc1. The van der Waals surface area contributed by atoms with Crippen LogP contribution in [0.4, 0.5) is 23.7 Å². The molecule has 1 atom stereocenters. The van der Waals surface area contributed by atoms with Crippen LogP contribution in [0.2, 0.25) is 0 Å². The molecule has 1 heterocycles. The smallest absolute Gasteiger partial charge is 0.487 e. The molecule has 1 aliphatic heterocycles. The normalized spacial score (nSPS) is 15.3. The third-order valence-corrected chi connectivity index (χ3v) is 9.90. The number of benzene rings is 4. The molecule has 4 aromatic carbocycles. The van der Waals surface area contributed by atoms with E-state index in [1.54, 1.807) is 24.3 Å². The summed E-state index contributed by atoms with van der Waals surface area (Å²) in [6, 6.07) is 25.8. The number of sulfonamides is 1. The van der Waals surface area contributed by atoms with Crippen molar-refractivity contribution in [1.29, 1.82) is 0 Å². The van der Waals surface area contributed by atoms with Gasteiger partial charge in [0.1, 0.15) is 24.1 Å². The number of alkyl halides is 3. The molecule has 14 heteroatoms. The minimum atomic E-state index is -4.95. The zero-order valence-electron chi connectivity index (χ0n) is 27.2. The van der Waals surface area contributed by atoms with Crippen LogP contribution in [-0.4, -0.2) is 61.6 Å². The maximum absolute atomic E-state index is 13.8. The Kier molecular flexibility index (Phi) is 11.6. The molecule has 50 heavy (non-hydrogen) atoms. The number of anilines is 1. The standard InChI is InChI=1S/C36H37F3N4O6S/c1-2-8-26-13-15-27(16-14-26)23-40-34(44)32-24-42(21-22-43(32)50(46,47)30-19-17-29(18-20-30)49-36(37,38)39)35(45)41-31-11-6-7-12-33(31)48-25-28-9-4-3-5-10-28/h3-7,9-20,32H,2,8,21-25H2,1H3,(H,40,44)(H,41,45)/t32-/m1/s1. The molecule has 2 N–H and O–H groups in total. The second-order valence-corrected chi connectivity index (χ2v) is 13.5. The van der Waals surface area contributed by atoms with Crippen LogP contribution in [0.15, 0.2) is 108 Å². The van der Waals surface area contributed by atoms with Crippen LogP contribution in [-0.2, 0) is 34.4 Å². The number of carbonyl (C=O) groups is 2. The van der Waals surface area contributed by atoms with Crippen molar-refractivity contribution in [3.8, 4) is 11.5 Å². The lowest BCUT2D eigenvalue weighted by Crippen LogP contribution is -2.61. The minimum Gasteiger partial charge on any atom is -0.487 e. The van der Waals surface area contributed by atoms with Gasteiger partial charge in [0.05, 0.1) is 10.6 Å². The maximum atomic E-state index is 13.8. The fraction of sp³-hybridized carbons (Fsp3) is 0.278. The number of aryl methyl sites for hydroxylation is 1. The number of piperazine rings is 1. The molecule has 0 aliphatic carbocycles. The molecule has 0 aromatic heterocycles. The summed E-state index contributed by atoms with van der Waals surface area (Å²) in [5.74, 6) is -0.819. The Labute approximate surface area is 288 Å². The van der Waals surface area contributed by atoms with Crippen molar-refractivity contribution in [1.82, 2.24) is 14.5 Å². The minimum absolute atomic E-state index is 0.0734. The van der Waals surface area contributed by atoms with Gasteiger partial charge in [-0.25, -0.2) is 13.2 Å². The summed E-state index contributed by atoms with van der Waals surface area (Å²) in [6.07, 6.45) is -3.06. The first kappa shape index (κ1) is 36.2. The average Bonchev–Trinajstić information content (AvgIpc) is 3.10. The van der Waals surface area contributed by atoms with E-state index in [9.17, 15) is 31.2 Å². The largest absolute Gasteiger partial charge is 0.573 e. The quantitative estimate of drug-likeness (QED) is 0.177. The molecular weight excluding hydrogens is 673 g/mol. The highest BCUT2D eigenvalue weighted by Gasteiger charge is 2.41. The van der Waals surface area contributed by atoms with Crippen molar-refractivity contribution in [3.63, 3.8) is 0 Å². The van der Waals surface area contributed by atoms with Gasteiger partial charge in [-0.15, -0.1) is 13.2 Å². The maximum Gasteiger partial charge on any atom is 0.573 e. The van der Waals surface area contributed by atoms with Gasteiger partial charge >= 0.3 is 12.4 Å². The van der Waals surface area contributed by atoms with Gasteiger partial charge in [0.15, 0.2) is 0 Å². The van der Waals surface area contributed by atoms with E-state index in [1.807, 2.05) is 54.6 Å². The van der Waals surface area contributed by atoms with E-state index in [-0.39, 0.29) is 37.7 Å². The van der Waals surface area contributed by atoms with Crippen molar-refractivity contribution in [2.75, 3.05) is 25.0 Å². The van der Waals surface area contributed by atoms with Crippen molar-refractivity contribution in [2.24, 2.45) is 0 Å². The third kappa shape index (κ3) is 9.54. The van der Waals surface area contributed by atoms with Gasteiger partial charge < -0.3 is 25.0 Å². The number of carbonyl (C=O) groups excluding carboxylic acids is 2. The number of hydrogen-bond acceptors (Lipinski definition) is 6. The van der Waals surface area contributed by atoms with E-state index >= 15 is 0 Å². The van der Waals surface area contributed by atoms with E-state index in [0.717, 1.165) is 58.1 Å². The van der Waals surface area contributed by atoms with Gasteiger partial charge in [-0.3, -0.25) is 4.79 Å². The van der Waals surface area contributed by atoms with Crippen molar-refractivity contribution in [3.05, 3.63) is 120 Å². The molecule has 0 radical (unpaired) electrons. The number of rotatable bonds is 12. The van der Waals surface area contributed by atoms with Gasteiger partial charge in [0.25, 0.3) is 0 Å². The highest BCUT2D eigenvalue weighted by molar-refractivity contribution is 7.89. The number of ether oxygens (including phenoxy) is 2. The summed E-state index contributed by atoms with van der Waals surface area (Å²) in [5, 5.41) is 5.61. The van der Waals surface area contributed by atoms with E-state index in [1.165, 1.54) is 4.90 Å². The van der Waals surface area contributed by atoms with Gasteiger partial charge in [-0.2, -0.15) is 4.31 Å². The first-order valence-electron chi connectivity index (χ1n) is 16.0. The van der Waals surface area contributed by atoms with Gasteiger partial charge in [-0.1, -0.05) is 80.1 Å². The summed E-state index contributed by atoms with van der Waals surface area (Å²) < 4.78 is 76.5. The Hall–Kier alpha value is -5.08. The summed E-state index contributed by atoms with van der Waals surface area (Å²) in [6.45, 7) is 1.82. The molecule has 3 amide bonds. The number of nitrogens with zero attached hydrogens (tertiary/aromatic N) is 2. The lowest BCUT2D eigenvalue weighted by Gasteiger charge is -2.39. The zero-order valence-corrected chi connectivity index (χ0v) is 28.0. The van der Waals surface area contributed by atoms with Crippen LogP contribution in [0.5, 0.6) is 11.5 Å². The highest BCUT2D eigenvalue weighted by atomic mass is 32.2. The number of hydrogen-bond donors (Lipinski definition) is 2. The molecule has 0 saturated carbocycles. The van der Waals surface area contributed by atoms with Crippen LogP contribution in [0, 0.1) is 0 Å². The van der Waals surface area contributed by atoms with Crippen LogP contribution in [0.1, 0.15) is 30.0 Å². The number of urea groups is 1. The summed E-state index contributed by atoms with van der Waals surface area (Å²) in [7, 11) is -4.40. The zero-order chi connectivity index (χ0) is 35.7. The summed E-state index contributed by atoms with van der Waals surface area (Å²) >= 11 is 0. The molecule has 1 saturated heterocycles. The number of para-hydroxylation sites is 2. The Bertz CT molecular complexity index is 1860. The molecule has 1 aliphatic rings. The third-order valence-electron chi connectivity index (χ3n) is 7.98. The predicted octanol–water partition coefficient (Wildman–Crippen LogP) is 6.34. The lowest BCUT2D eigenvalue weighted by molar-refractivity contribution is -0.274. The second-order valence-electron chi connectivity index (χ2n) is 11.6. The summed E-state index contributed by atoms with van der Waals surface area (Å²) in [5.41, 5.74) is 3.26. The highest BCUT2D eigenvalue weighted by Crippen LogP contribution is 2.29. The fourth-order valence-electron chi connectivity index (χ4n) is 5.45. The van der Waals surface area contributed by atoms with Gasteiger partial charge in [0.2, 0.25) is 15.9 Å². The Morgan fingerprint density at radius 2 is 1.50 bits per heavy atom. The molecule has 5 rings (SSSR count). The monoisotopic (exact) mass is 710 g/mol. The number of amides is 3. The predicted molar refractivity (Wildman–Crippen MR) is 181 cm³/mol. The first-order chi connectivity index (χ1) is 23.9. The molecule has 264 valence electrons. The Balaban J connectivity index is 1.33. The van der Waals surface area contributed by atoms with Crippen LogP contribution in [0.25, 0.3) is 0 Å². The fourth-order valence-corrected chi connectivity index (χ4v) is 7.02. The van der Waals surface area contributed by atoms with E-state index in [0.29, 0.717) is 11.4 Å². The number of nitrogens with one attached hydrogen (secondary N) is 2. The topological polar surface area (TPSA) is 117 Å². The lowest BCUT2D eigenvalue weighted by atomic mass is 10.1. The van der Waals surface area contributed by atoms with Gasteiger partial charge in [-0.05, 0) is 59.5 Å². The molecule has 10 nitrogen and oxygen atoms in total. The molecule has 0 bridgehead atoms. The molecular formula is C36H37F3N4O6S. The molecule has 0 spiro atoms. The van der Waals surface area contributed by atoms with Crippen LogP contribution < -0.4 is 20.1 Å². The van der Waals surface area contributed by atoms with Gasteiger partial charge in [0, 0.05) is 26.2 Å². The van der Waals surface area contributed by atoms with E-state index in [2.05, 4.69) is 22.3 Å².